The molecule has 2 rings (SSSR count). The normalized spacial score (nSPS) is 32.0. The highest BCUT2D eigenvalue weighted by atomic mass is 32.2. The van der Waals surface area contributed by atoms with Crippen molar-refractivity contribution in [3.8, 4) is 0 Å². The Kier molecular flexibility index (Phi) is 5.47. The molecule has 6 N–H and O–H groups in total. The fraction of sp³-hybridized carbons (Fsp3) is 1.00. The molecule has 0 spiro atoms. The standard InChI is InChI=1S/C13H28BN3O5S/c1-10(13(16)5-6-13)22-23(20,21)17-8-11(12(2,15)9-17)4-3-7-14(18)19/h10-11,18-19H,3-9,15-16H2,1-2H3/t10?,11-,12-/m0/s1. The van der Waals surface area contributed by atoms with Gasteiger partial charge in [0.2, 0.25) is 0 Å². The third-order valence-corrected chi connectivity index (χ3v) is 6.55. The summed E-state index contributed by atoms with van der Waals surface area (Å²) in [6, 6.07) is 0. The minimum atomic E-state index is -3.87. The lowest BCUT2D eigenvalue weighted by molar-refractivity contribution is 0.168. The molecule has 1 heterocycles. The minimum absolute atomic E-state index is 0.0531. The first kappa shape index (κ1) is 19.1. The van der Waals surface area contributed by atoms with Crippen molar-refractivity contribution < 1.29 is 22.6 Å². The maximum absolute atomic E-state index is 12.4. The van der Waals surface area contributed by atoms with E-state index in [1.165, 1.54) is 4.31 Å². The van der Waals surface area contributed by atoms with Gasteiger partial charge in [0.25, 0.3) is 0 Å². The van der Waals surface area contributed by atoms with Crippen LogP contribution in [0.1, 0.15) is 39.5 Å². The minimum Gasteiger partial charge on any atom is -0.427 e. The Balaban J connectivity index is 1.95. The molecular formula is C13H28BN3O5S. The van der Waals surface area contributed by atoms with E-state index in [4.69, 9.17) is 25.7 Å². The summed E-state index contributed by atoms with van der Waals surface area (Å²) >= 11 is 0. The number of rotatable bonds is 8. The summed E-state index contributed by atoms with van der Waals surface area (Å²) in [7, 11) is -5.22. The summed E-state index contributed by atoms with van der Waals surface area (Å²) in [6.45, 7) is 3.97. The average molecular weight is 349 g/mol. The van der Waals surface area contributed by atoms with Gasteiger partial charge in [-0.15, -0.1) is 0 Å². The molecule has 0 radical (unpaired) electrons. The van der Waals surface area contributed by atoms with E-state index in [1.54, 1.807) is 6.92 Å². The van der Waals surface area contributed by atoms with Crippen molar-refractivity contribution in [3.05, 3.63) is 0 Å². The van der Waals surface area contributed by atoms with Crippen molar-refractivity contribution in [2.75, 3.05) is 13.1 Å². The average Bonchev–Trinajstić information content (AvgIpc) is 3.07. The van der Waals surface area contributed by atoms with Crippen LogP contribution in [-0.4, -0.2) is 60.2 Å². The first-order chi connectivity index (χ1) is 10.5. The van der Waals surface area contributed by atoms with Crippen LogP contribution >= 0.6 is 0 Å². The Morgan fingerprint density at radius 2 is 2.00 bits per heavy atom. The lowest BCUT2D eigenvalue weighted by Crippen LogP contribution is -2.46. The fourth-order valence-electron chi connectivity index (χ4n) is 3.06. The zero-order valence-corrected chi connectivity index (χ0v) is 14.6. The van der Waals surface area contributed by atoms with Gasteiger partial charge in [-0.2, -0.15) is 12.7 Å². The predicted molar refractivity (Wildman–Crippen MR) is 87.5 cm³/mol. The predicted octanol–water partition coefficient (Wildman–Crippen LogP) is -0.970. The van der Waals surface area contributed by atoms with Crippen LogP contribution in [0.25, 0.3) is 0 Å². The highest BCUT2D eigenvalue weighted by Crippen LogP contribution is 2.39. The van der Waals surface area contributed by atoms with E-state index in [0.717, 1.165) is 12.8 Å². The second-order valence-corrected chi connectivity index (χ2v) is 8.90. The Bertz CT molecular complexity index is 524. The molecule has 0 amide bonds. The Hall–Kier alpha value is -0.225. The molecule has 1 aliphatic carbocycles. The van der Waals surface area contributed by atoms with Crippen molar-refractivity contribution >= 4 is 17.4 Å². The van der Waals surface area contributed by atoms with Crippen LogP contribution < -0.4 is 11.5 Å². The van der Waals surface area contributed by atoms with Gasteiger partial charge in [-0.3, -0.25) is 4.18 Å². The number of nitrogens with two attached hydrogens (primary N) is 2. The van der Waals surface area contributed by atoms with E-state index in [0.29, 0.717) is 12.8 Å². The van der Waals surface area contributed by atoms with Crippen LogP contribution in [0.15, 0.2) is 0 Å². The van der Waals surface area contributed by atoms with Gasteiger partial charge in [-0.1, -0.05) is 6.42 Å². The highest BCUT2D eigenvalue weighted by Gasteiger charge is 2.49. The maximum atomic E-state index is 12.4. The van der Waals surface area contributed by atoms with E-state index < -0.39 is 34.6 Å². The molecule has 0 aromatic rings. The molecule has 1 saturated heterocycles. The summed E-state index contributed by atoms with van der Waals surface area (Å²) < 4.78 is 31.4. The molecule has 23 heavy (non-hydrogen) atoms. The van der Waals surface area contributed by atoms with Crippen molar-refractivity contribution in [2.24, 2.45) is 17.4 Å². The molecule has 2 fully saturated rings. The van der Waals surface area contributed by atoms with E-state index in [9.17, 15) is 8.42 Å². The van der Waals surface area contributed by atoms with Crippen LogP contribution in [0, 0.1) is 5.92 Å². The van der Waals surface area contributed by atoms with Crippen LogP contribution in [0.4, 0.5) is 0 Å². The van der Waals surface area contributed by atoms with Gasteiger partial charge in [0, 0.05) is 24.2 Å². The number of nitrogens with zero attached hydrogens (tertiary/aromatic N) is 1. The van der Waals surface area contributed by atoms with E-state index >= 15 is 0 Å². The second kappa shape index (κ2) is 6.59. The smallest absolute Gasteiger partial charge is 0.427 e. The molecule has 0 aromatic carbocycles. The summed E-state index contributed by atoms with van der Waals surface area (Å²) in [5, 5.41) is 17.8. The molecule has 0 bridgehead atoms. The molecule has 3 atom stereocenters. The maximum Gasteiger partial charge on any atom is 0.451 e. The topological polar surface area (TPSA) is 139 Å². The van der Waals surface area contributed by atoms with Crippen molar-refractivity contribution in [3.63, 3.8) is 0 Å². The van der Waals surface area contributed by atoms with Gasteiger partial charge in [0.05, 0.1) is 6.10 Å². The zero-order chi connectivity index (χ0) is 17.5. The van der Waals surface area contributed by atoms with E-state index in [-0.39, 0.29) is 25.3 Å². The van der Waals surface area contributed by atoms with Crippen molar-refractivity contribution in [1.29, 1.82) is 0 Å². The first-order valence-electron chi connectivity index (χ1n) is 8.08. The Labute approximate surface area is 138 Å². The van der Waals surface area contributed by atoms with Gasteiger partial charge < -0.3 is 21.5 Å². The summed E-state index contributed by atoms with van der Waals surface area (Å²) in [5.41, 5.74) is 11.0. The van der Waals surface area contributed by atoms with Gasteiger partial charge >= 0.3 is 17.4 Å². The van der Waals surface area contributed by atoms with E-state index in [1.807, 2.05) is 6.92 Å². The van der Waals surface area contributed by atoms with Crippen LogP contribution in [0.5, 0.6) is 0 Å². The molecule has 10 heteroatoms. The molecular weight excluding hydrogens is 321 g/mol. The lowest BCUT2D eigenvalue weighted by Gasteiger charge is -2.25. The summed E-state index contributed by atoms with van der Waals surface area (Å²) in [6.07, 6.45) is 2.44. The van der Waals surface area contributed by atoms with Crippen LogP contribution in [-0.2, 0) is 14.5 Å². The molecule has 0 aromatic heterocycles. The third-order valence-electron chi connectivity index (χ3n) is 5.11. The summed E-state index contributed by atoms with van der Waals surface area (Å²) in [4.78, 5) is 0. The summed E-state index contributed by atoms with van der Waals surface area (Å²) in [5.74, 6) is -0.0531. The Morgan fingerprint density at radius 1 is 1.39 bits per heavy atom. The van der Waals surface area contributed by atoms with E-state index in [2.05, 4.69) is 0 Å². The van der Waals surface area contributed by atoms with Gasteiger partial charge in [-0.25, -0.2) is 0 Å². The third kappa shape index (κ3) is 4.65. The molecule has 1 unspecified atom stereocenters. The lowest BCUT2D eigenvalue weighted by atomic mass is 9.79. The van der Waals surface area contributed by atoms with Crippen LogP contribution in [0.3, 0.4) is 0 Å². The molecule has 8 nitrogen and oxygen atoms in total. The highest BCUT2D eigenvalue weighted by molar-refractivity contribution is 7.84. The monoisotopic (exact) mass is 349 g/mol. The molecule has 134 valence electrons. The molecule has 1 aliphatic heterocycles. The Morgan fingerprint density at radius 3 is 2.52 bits per heavy atom. The van der Waals surface area contributed by atoms with Gasteiger partial charge in [0.15, 0.2) is 0 Å². The fourth-order valence-corrected chi connectivity index (χ4v) is 4.53. The van der Waals surface area contributed by atoms with Gasteiger partial charge in [-0.05, 0) is 45.3 Å². The van der Waals surface area contributed by atoms with Crippen molar-refractivity contribution in [2.45, 2.75) is 63.0 Å². The quantitative estimate of drug-likeness (QED) is 0.413. The number of hydrogen-bond acceptors (Lipinski definition) is 7. The van der Waals surface area contributed by atoms with Gasteiger partial charge in [0.1, 0.15) is 0 Å². The van der Waals surface area contributed by atoms with Crippen molar-refractivity contribution in [1.82, 2.24) is 4.31 Å². The zero-order valence-electron chi connectivity index (χ0n) is 13.8. The number of hydrogen-bond donors (Lipinski definition) is 4. The second-order valence-electron chi connectivity index (χ2n) is 7.34. The first-order valence-corrected chi connectivity index (χ1v) is 9.45. The molecule has 2 aliphatic rings. The van der Waals surface area contributed by atoms with Crippen LogP contribution in [0.2, 0.25) is 6.32 Å². The SMILES string of the molecule is CC(OS(=O)(=O)N1C[C@H](CCCB(O)O)[C@@](C)(N)C1)C1(N)CC1. The molecule has 1 saturated carbocycles. The largest absolute Gasteiger partial charge is 0.451 e.